The molecular formula is C22H19ClN4S. The summed E-state index contributed by atoms with van der Waals surface area (Å²) in [5, 5.41) is 4.64. The summed E-state index contributed by atoms with van der Waals surface area (Å²) in [5.41, 5.74) is 11.3. The van der Waals surface area contributed by atoms with Crippen molar-refractivity contribution in [2.75, 3.05) is 11.1 Å². The number of benzene rings is 2. The molecule has 0 fully saturated rings. The first kappa shape index (κ1) is 18.5. The predicted octanol–water partition coefficient (Wildman–Crippen LogP) is 6.03. The molecule has 140 valence electrons. The molecule has 0 aliphatic rings. The van der Waals surface area contributed by atoms with E-state index in [1.807, 2.05) is 42.5 Å². The van der Waals surface area contributed by atoms with Gasteiger partial charge in [0.25, 0.3) is 0 Å². The number of nitrogens with one attached hydrogen (secondary N) is 1. The summed E-state index contributed by atoms with van der Waals surface area (Å²) in [5.74, 6) is 0.791. The van der Waals surface area contributed by atoms with Crippen molar-refractivity contribution in [1.82, 2.24) is 9.97 Å². The van der Waals surface area contributed by atoms with Crippen molar-refractivity contribution >= 4 is 33.9 Å². The van der Waals surface area contributed by atoms with Gasteiger partial charge in [-0.15, -0.1) is 0 Å². The quantitative estimate of drug-likeness (QED) is 0.424. The molecule has 0 saturated carbocycles. The molecule has 4 nitrogen and oxygen atoms in total. The van der Waals surface area contributed by atoms with Crippen molar-refractivity contribution in [1.29, 1.82) is 0 Å². The molecule has 3 N–H and O–H groups in total. The number of nitrogens with two attached hydrogens (primary N) is 1. The minimum absolute atomic E-state index is 0.553. The number of halogens is 1. The van der Waals surface area contributed by atoms with E-state index in [0.717, 1.165) is 38.1 Å². The van der Waals surface area contributed by atoms with Crippen LogP contribution < -0.4 is 11.1 Å². The minimum atomic E-state index is 0.553. The third-order valence-electron chi connectivity index (χ3n) is 4.32. The van der Waals surface area contributed by atoms with Gasteiger partial charge in [0, 0.05) is 23.3 Å². The van der Waals surface area contributed by atoms with Gasteiger partial charge in [-0.2, -0.15) is 0 Å². The zero-order valence-electron chi connectivity index (χ0n) is 15.3. The summed E-state index contributed by atoms with van der Waals surface area (Å²) in [6.45, 7) is 2.72. The number of rotatable bonds is 5. The van der Waals surface area contributed by atoms with Crippen LogP contribution in [0.1, 0.15) is 11.1 Å². The SMILES string of the molecule is Cc1cccc(-c2nc(N)sc2-c2ccnc(NCc3cccc(Cl)c3)c2)c1. The van der Waals surface area contributed by atoms with Crippen LogP contribution >= 0.6 is 22.9 Å². The molecule has 2 aromatic carbocycles. The lowest BCUT2D eigenvalue weighted by atomic mass is 10.1. The van der Waals surface area contributed by atoms with Crippen LogP contribution in [-0.4, -0.2) is 9.97 Å². The number of hydrogen-bond acceptors (Lipinski definition) is 5. The lowest BCUT2D eigenvalue weighted by Crippen LogP contribution is -2.01. The number of aromatic nitrogens is 2. The van der Waals surface area contributed by atoms with Crippen molar-refractivity contribution < 1.29 is 0 Å². The van der Waals surface area contributed by atoms with Crippen LogP contribution in [0.4, 0.5) is 10.9 Å². The standard InChI is InChI=1S/C22H19ClN4S/c1-14-4-2-6-16(10-14)20-21(28-22(24)27-20)17-8-9-25-19(12-17)26-13-15-5-3-7-18(23)11-15/h2-12H,13H2,1H3,(H2,24,27)(H,25,26). The highest BCUT2D eigenvalue weighted by Gasteiger charge is 2.14. The maximum Gasteiger partial charge on any atom is 0.181 e. The first-order valence-corrected chi connectivity index (χ1v) is 10.1. The van der Waals surface area contributed by atoms with Crippen molar-refractivity contribution in [2.24, 2.45) is 0 Å². The zero-order chi connectivity index (χ0) is 19.5. The van der Waals surface area contributed by atoms with Gasteiger partial charge in [-0.05, 0) is 48.4 Å². The molecule has 6 heteroatoms. The monoisotopic (exact) mass is 406 g/mol. The Morgan fingerprint density at radius 1 is 1.04 bits per heavy atom. The van der Waals surface area contributed by atoms with E-state index in [1.54, 1.807) is 6.20 Å². The van der Waals surface area contributed by atoms with Crippen molar-refractivity contribution in [3.63, 3.8) is 0 Å². The highest BCUT2D eigenvalue weighted by atomic mass is 35.5. The maximum absolute atomic E-state index is 6.06. The molecular weight excluding hydrogens is 388 g/mol. The normalized spacial score (nSPS) is 10.8. The predicted molar refractivity (Wildman–Crippen MR) is 119 cm³/mol. The fourth-order valence-electron chi connectivity index (χ4n) is 3.03. The van der Waals surface area contributed by atoms with E-state index < -0.39 is 0 Å². The average Bonchev–Trinajstić information content (AvgIpc) is 3.09. The van der Waals surface area contributed by atoms with Gasteiger partial charge in [0.1, 0.15) is 5.82 Å². The highest BCUT2D eigenvalue weighted by Crippen LogP contribution is 2.38. The number of anilines is 2. The molecule has 0 aliphatic heterocycles. The van der Waals surface area contributed by atoms with E-state index in [-0.39, 0.29) is 0 Å². The Balaban J connectivity index is 1.63. The van der Waals surface area contributed by atoms with E-state index in [4.69, 9.17) is 17.3 Å². The Labute approximate surface area is 173 Å². The van der Waals surface area contributed by atoms with E-state index in [2.05, 4.69) is 40.4 Å². The first-order chi connectivity index (χ1) is 13.6. The summed E-state index contributed by atoms with van der Waals surface area (Å²) >= 11 is 7.55. The molecule has 4 rings (SSSR count). The number of thiazole rings is 1. The topological polar surface area (TPSA) is 63.8 Å². The molecule has 0 unspecified atom stereocenters. The fraction of sp³-hybridized carbons (Fsp3) is 0.0909. The summed E-state index contributed by atoms with van der Waals surface area (Å²) in [6.07, 6.45) is 1.80. The molecule has 0 saturated heterocycles. The van der Waals surface area contributed by atoms with Crippen LogP contribution in [0.5, 0.6) is 0 Å². The van der Waals surface area contributed by atoms with Crippen LogP contribution in [0.2, 0.25) is 5.02 Å². The lowest BCUT2D eigenvalue weighted by molar-refractivity contribution is 1.11. The second kappa shape index (κ2) is 8.00. The zero-order valence-corrected chi connectivity index (χ0v) is 16.9. The molecule has 2 heterocycles. The molecule has 0 atom stereocenters. The summed E-state index contributed by atoms with van der Waals surface area (Å²) < 4.78 is 0. The van der Waals surface area contributed by atoms with Crippen LogP contribution in [0.25, 0.3) is 21.7 Å². The van der Waals surface area contributed by atoms with Gasteiger partial charge in [0.15, 0.2) is 5.13 Å². The van der Waals surface area contributed by atoms with Crippen LogP contribution in [0, 0.1) is 6.92 Å². The Kier molecular flexibility index (Phi) is 5.28. The third-order valence-corrected chi connectivity index (χ3v) is 5.49. The van der Waals surface area contributed by atoms with Crippen LogP contribution in [0.3, 0.4) is 0 Å². The molecule has 0 radical (unpaired) electrons. The molecule has 0 amide bonds. The largest absolute Gasteiger partial charge is 0.375 e. The van der Waals surface area contributed by atoms with Gasteiger partial charge >= 0.3 is 0 Å². The fourth-order valence-corrected chi connectivity index (χ4v) is 4.09. The maximum atomic E-state index is 6.06. The molecule has 0 spiro atoms. The first-order valence-electron chi connectivity index (χ1n) is 8.86. The van der Waals surface area contributed by atoms with Gasteiger partial charge in [-0.25, -0.2) is 9.97 Å². The van der Waals surface area contributed by atoms with Crippen molar-refractivity contribution in [3.8, 4) is 21.7 Å². The lowest BCUT2D eigenvalue weighted by Gasteiger charge is -2.08. The van der Waals surface area contributed by atoms with Crippen LogP contribution in [0.15, 0.2) is 66.9 Å². The van der Waals surface area contributed by atoms with E-state index in [0.29, 0.717) is 11.7 Å². The Bertz CT molecular complexity index is 1120. The Hall–Kier alpha value is -2.89. The number of nitrogen functional groups attached to an aromatic ring is 1. The van der Waals surface area contributed by atoms with Gasteiger partial charge < -0.3 is 11.1 Å². The van der Waals surface area contributed by atoms with E-state index in [9.17, 15) is 0 Å². The smallest absolute Gasteiger partial charge is 0.181 e. The molecule has 0 aliphatic carbocycles. The summed E-state index contributed by atoms with van der Waals surface area (Å²) in [6, 6.07) is 20.1. The van der Waals surface area contributed by atoms with Crippen molar-refractivity contribution in [3.05, 3.63) is 83.0 Å². The third kappa shape index (κ3) is 4.16. The minimum Gasteiger partial charge on any atom is -0.375 e. The molecule has 0 bridgehead atoms. The molecule has 28 heavy (non-hydrogen) atoms. The summed E-state index contributed by atoms with van der Waals surface area (Å²) in [7, 11) is 0. The highest BCUT2D eigenvalue weighted by molar-refractivity contribution is 7.19. The number of aryl methyl sites for hydroxylation is 1. The molecule has 4 aromatic rings. The number of hydrogen-bond donors (Lipinski definition) is 2. The Morgan fingerprint density at radius 3 is 2.71 bits per heavy atom. The molecule has 2 aromatic heterocycles. The van der Waals surface area contributed by atoms with Crippen LogP contribution in [-0.2, 0) is 6.54 Å². The number of nitrogens with zero attached hydrogens (tertiary/aromatic N) is 2. The van der Waals surface area contributed by atoms with Gasteiger partial charge in [-0.1, -0.05) is 58.8 Å². The average molecular weight is 407 g/mol. The Morgan fingerprint density at radius 2 is 1.89 bits per heavy atom. The van der Waals surface area contributed by atoms with Gasteiger partial charge in [0.05, 0.1) is 10.6 Å². The second-order valence-corrected chi connectivity index (χ2v) is 7.98. The van der Waals surface area contributed by atoms with E-state index >= 15 is 0 Å². The van der Waals surface area contributed by atoms with Gasteiger partial charge in [-0.3, -0.25) is 0 Å². The summed E-state index contributed by atoms with van der Waals surface area (Å²) in [4.78, 5) is 10.0. The van der Waals surface area contributed by atoms with Gasteiger partial charge in [0.2, 0.25) is 0 Å². The van der Waals surface area contributed by atoms with Crippen molar-refractivity contribution in [2.45, 2.75) is 13.5 Å². The number of pyridine rings is 1. The van der Waals surface area contributed by atoms with E-state index in [1.165, 1.54) is 16.9 Å². The second-order valence-electron chi connectivity index (χ2n) is 6.51.